The van der Waals surface area contributed by atoms with Gasteiger partial charge in [-0.05, 0) is 11.6 Å². The lowest BCUT2D eigenvalue weighted by Crippen LogP contribution is -2.44. The van der Waals surface area contributed by atoms with E-state index in [-0.39, 0.29) is 0 Å². The predicted octanol–water partition coefficient (Wildman–Crippen LogP) is 3.37. The van der Waals surface area contributed by atoms with E-state index < -0.39 is 23.7 Å². The number of esters is 1. The average Bonchev–Trinajstić information content (AvgIpc) is 2.77. The van der Waals surface area contributed by atoms with Crippen molar-refractivity contribution in [2.75, 3.05) is 14.2 Å². The Hall–Kier alpha value is -3.24. The zero-order valence-corrected chi connectivity index (χ0v) is 16.9. The maximum absolute atomic E-state index is 12.9. The molecule has 1 N–H and O–H groups in total. The lowest BCUT2D eigenvalue weighted by Gasteiger charge is -2.31. The Bertz CT molecular complexity index is 982. The normalized spacial score (nSPS) is 18.6. The zero-order valence-electron chi connectivity index (χ0n) is 16.0. The van der Waals surface area contributed by atoms with Crippen molar-refractivity contribution in [1.82, 2.24) is 5.32 Å². The van der Waals surface area contributed by atoms with Crippen molar-refractivity contribution in [1.29, 1.82) is 5.26 Å². The summed E-state index contributed by atoms with van der Waals surface area (Å²) < 4.78 is 10.3. The number of rotatable bonds is 6. The molecule has 2 atom stereocenters. The van der Waals surface area contributed by atoms with Gasteiger partial charge in [0.25, 0.3) is 0 Å². The standard InChI is InChI=1S/C22H20N2O4S/c1-27-17-11-7-6-10-15(17)18-16(12-23)21(24-20(25)19(18)22(26)28-2)29-13-14-8-4-3-5-9-14/h3-11,18-19H,13H2,1-2H3,(H,24,25)/t18-,19-/m0/s1. The van der Waals surface area contributed by atoms with Crippen molar-refractivity contribution >= 4 is 23.6 Å². The van der Waals surface area contributed by atoms with Crippen LogP contribution in [0.15, 0.2) is 65.2 Å². The summed E-state index contributed by atoms with van der Waals surface area (Å²) in [7, 11) is 2.74. The summed E-state index contributed by atoms with van der Waals surface area (Å²) in [6.45, 7) is 0. The number of hydrogen-bond donors (Lipinski definition) is 1. The number of carbonyl (C=O) groups excluding carboxylic acids is 2. The van der Waals surface area contributed by atoms with Crippen LogP contribution in [0.2, 0.25) is 0 Å². The van der Waals surface area contributed by atoms with E-state index in [0.29, 0.717) is 27.7 Å². The molecule has 0 bridgehead atoms. The molecule has 0 aliphatic carbocycles. The minimum absolute atomic E-state index is 0.311. The number of hydrogen-bond acceptors (Lipinski definition) is 6. The van der Waals surface area contributed by atoms with E-state index >= 15 is 0 Å². The molecule has 0 saturated carbocycles. The first kappa shape index (κ1) is 20.5. The number of nitrogens with zero attached hydrogens (tertiary/aromatic N) is 1. The molecule has 7 heteroatoms. The van der Waals surface area contributed by atoms with Gasteiger partial charge in [-0.25, -0.2) is 0 Å². The van der Waals surface area contributed by atoms with Crippen LogP contribution in [0.1, 0.15) is 17.0 Å². The molecule has 0 fully saturated rings. The minimum atomic E-state index is -1.17. The first-order chi connectivity index (χ1) is 14.1. The highest BCUT2D eigenvalue weighted by molar-refractivity contribution is 8.02. The molecule has 1 aliphatic heterocycles. The number of methoxy groups -OCH3 is 2. The quantitative estimate of drug-likeness (QED) is 0.582. The molecule has 0 saturated heterocycles. The Kier molecular flexibility index (Phi) is 6.57. The molecule has 2 aromatic carbocycles. The Morgan fingerprint density at radius 3 is 2.48 bits per heavy atom. The molecule has 0 spiro atoms. The van der Waals surface area contributed by atoms with Crippen LogP contribution < -0.4 is 10.1 Å². The van der Waals surface area contributed by atoms with E-state index in [1.807, 2.05) is 30.3 Å². The SMILES string of the molecule is COC(=O)[C@@H]1C(=O)NC(SCc2ccccc2)=C(C#N)[C@@H]1c1ccccc1OC. The fourth-order valence-electron chi connectivity index (χ4n) is 3.31. The van der Waals surface area contributed by atoms with E-state index in [1.54, 1.807) is 24.3 Å². The number of para-hydroxylation sites is 1. The Balaban J connectivity index is 2.08. The monoisotopic (exact) mass is 408 g/mol. The smallest absolute Gasteiger partial charge is 0.319 e. The minimum Gasteiger partial charge on any atom is -0.496 e. The molecule has 1 amide bonds. The molecule has 0 unspecified atom stereocenters. The van der Waals surface area contributed by atoms with Crippen molar-refractivity contribution < 1.29 is 19.1 Å². The van der Waals surface area contributed by atoms with E-state index in [4.69, 9.17) is 9.47 Å². The predicted molar refractivity (Wildman–Crippen MR) is 110 cm³/mol. The van der Waals surface area contributed by atoms with Crippen molar-refractivity contribution in [2.45, 2.75) is 11.7 Å². The van der Waals surface area contributed by atoms with Crippen LogP contribution in [0.4, 0.5) is 0 Å². The Morgan fingerprint density at radius 2 is 1.83 bits per heavy atom. The maximum atomic E-state index is 12.9. The van der Waals surface area contributed by atoms with Gasteiger partial charge in [0, 0.05) is 17.2 Å². The van der Waals surface area contributed by atoms with Gasteiger partial charge in [0.05, 0.1) is 30.9 Å². The summed E-state index contributed by atoms with van der Waals surface area (Å²) in [6.07, 6.45) is 0. The largest absolute Gasteiger partial charge is 0.496 e. The van der Waals surface area contributed by atoms with Crippen LogP contribution in [-0.2, 0) is 20.1 Å². The van der Waals surface area contributed by atoms with Gasteiger partial charge in [-0.15, -0.1) is 11.8 Å². The van der Waals surface area contributed by atoms with Gasteiger partial charge in [0.2, 0.25) is 5.91 Å². The van der Waals surface area contributed by atoms with E-state index in [0.717, 1.165) is 5.56 Å². The number of carbonyl (C=O) groups is 2. The second-order valence-corrected chi connectivity index (χ2v) is 7.32. The third-order valence-electron chi connectivity index (χ3n) is 4.68. The van der Waals surface area contributed by atoms with Crippen LogP contribution in [0, 0.1) is 17.2 Å². The van der Waals surface area contributed by atoms with Gasteiger partial charge in [-0.3, -0.25) is 9.59 Å². The van der Waals surface area contributed by atoms with Crippen LogP contribution in [-0.4, -0.2) is 26.1 Å². The summed E-state index contributed by atoms with van der Waals surface area (Å²) in [5.74, 6) is -2.09. The fraction of sp³-hybridized carbons (Fsp3) is 0.227. The number of nitrogens with one attached hydrogen (secondary N) is 1. The van der Waals surface area contributed by atoms with E-state index in [2.05, 4.69) is 11.4 Å². The van der Waals surface area contributed by atoms with Crippen molar-refractivity contribution in [3.63, 3.8) is 0 Å². The molecular weight excluding hydrogens is 388 g/mol. The molecule has 0 aromatic heterocycles. The third kappa shape index (κ3) is 4.28. The van der Waals surface area contributed by atoms with Crippen molar-refractivity contribution in [2.24, 2.45) is 5.92 Å². The fourth-order valence-corrected chi connectivity index (χ4v) is 4.31. The summed E-state index contributed by atoms with van der Waals surface area (Å²) in [4.78, 5) is 25.3. The van der Waals surface area contributed by atoms with E-state index in [9.17, 15) is 14.9 Å². The molecule has 2 aromatic rings. The van der Waals surface area contributed by atoms with Gasteiger partial charge < -0.3 is 14.8 Å². The number of ether oxygens (including phenoxy) is 2. The maximum Gasteiger partial charge on any atom is 0.319 e. The highest BCUT2D eigenvalue weighted by Gasteiger charge is 2.45. The summed E-state index contributed by atoms with van der Waals surface area (Å²) in [5.41, 5.74) is 1.96. The van der Waals surface area contributed by atoms with Gasteiger partial charge >= 0.3 is 5.97 Å². The van der Waals surface area contributed by atoms with Crippen LogP contribution >= 0.6 is 11.8 Å². The van der Waals surface area contributed by atoms with Crippen LogP contribution in [0.5, 0.6) is 5.75 Å². The number of allylic oxidation sites excluding steroid dienone is 1. The van der Waals surface area contributed by atoms with Gasteiger partial charge in [-0.2, -0.15) is 5.26 Å². The molecule has 148 valence electrons. The number of benzene rings is 2. The Morgan fingerprint density at radius 1 is 1.14 bits per heavy atom. The highest BCUT2D eigenvalue weighted by Crippen LogP contribution is 2.43. The zero-order chi connectivity index (χ0) is 20.8. The molecule has 0 radical (unpaired) electrons. The summed E-state index contributed by atoms with van der Waals surface area (Å²) in [6, 6.07) is 19.0. The highest BCUT2D eigenvalue weighted by atomic mass is 32.2. The van der Waals surface area contributed by atoms with E-state index in [1.165, 1.54) is 26.0 Å². The second kappa shape index (κ2) is 9.30. The molecule has 29 heavy (non-hydrogen) atoms. The number of nitriles is 1. The molecule has 1 heterocycles. The van der Waals surface area contributed by atoms with Crippen molar-refractivity contribution in [3.8, 4) is 11.8 Å². The van der Waals surface area contributed by atoms with Gasteiger partial charge in [-0.1, -0.05) is 48.5 Å². The van der Waals surface area contributed by atoms with Crippen LogP contribution in [0.25, 0.3) is 0 Å². The first-order valence-corrected chi connectivity index (χ1v) is 9.91. The summed E-state index contributed by atoms with van der Waals surface area (Å²) >= 11 is 1.35. The number of amides is 1. The first-order valence-electron chi connectivity index (χ1n) is 8.93. The average molecular weight is 408 g/mol. The lowest BCUT2D eigenvalue weighted by atomic mass is 9.78. The Labute approximate surface area is 173 Å². The third-order valence-corrected chi connectivity index (χ3v) is 5.77. The lowest BCUT2D eigenvalue weighted by molar-refractivity contribution is -0.150. The molecular formula is C22H20N2O4S. The molecule has 3 rings (SSSR count). The van der Waals surface area contributed by atoms with Gasteiger partial charge in [0.15, 0.2) is 0 Å². The number of thioether (sulfide) groups is 1. The van der Waals surface area contributed by atoms with Crippen LogP contribution in [0.3, 0.4) is 0 Å². The van der Waals surface area contributed by atoms with Crippen molar-refractivity contribution in [3.05, 3.63) is 76.3 Å². The molecule has 6 nitrogen and oxygen atoms in total. The van der Waals surface area contributed by atoms with Gasteiger partial charge in [0.1, 0.15) is 11.7 Å². The molecule has 1 aliphatic rings. The topological polar surface area (TPSA) is 88.4 Å². The summed E-state index contributed by atoms with van der Waals surface area (Å²) in [5, 5.41) is 13.1. The second-order valence-electron chi connectivity index (χ2n) is 6.34.